The highest BCUT2D eigenvalue weighted by Crippen LogP contribution is 2.28. The van der Waals surface area contributed by atoms with Crippen molar-refractivity contribution in [3.05, 3.63) is 65.2 Å². The molecular weight excluding hydrogens is 290 g/mol. The minimum atomic E-state index is -0.878. The van der Waals surface area contributed by atoms with Crippen LogP contribution < -0.4 is 10.1 Å². The van der Waals surface area contributed by atoms with Crippen LogP contribution in [0.1, 0.15) is 27.9 Å². The Labute approximate surface area is 136 Å². The van der Waals surface area contributed by atoms with Gasteiger partial charge in [-0.05, 0) is 48.2 Å². The maximum absolute atomic E-state index is 12.2. The van der Waals surface area contributed by atoms with Crippen molar-refractivity contribution in [2.24, 2.45) is 0 Å². The molecule has 0 bridgehead atoms. The standard InChI is InChI=1S/C19H21NO3/c1-23-17-8-6-15(7-9-17)18(21)20-13-19(22)11-10-14-4-2-3-5-16(14)12-19/h2-9,22H,10-13H2,1H3,(H,20,21). The molecule has 2 aromatic rings. The average molecular weight is 311 g/mol. The summed E-state index contributed by atoms with van der Waals surface area (Å²) in [5, 5.41) is 13.6. The van der Waals surface area contributed by atoms with E-state index in [2.05, 4.69) is 11.4 Å². The lowest BCUT2D eigenvalue weighted by molar-refractivity contribution is 0.0260. The number of carbonyl (C=O) groups is 1. The molecule has 0 heterocycles. The topological polar surface area (TPSA) is 58.6 Å². The monoisotopic (exact) mass is 311 g/mol. The lowest BCUT2D eigenvalue weighted by Crippen LogP contribution is -2.46. The van der Waals surface area contributed by atoms with E-state index in [0.717, 1.165) is 6.42 Å². The molecule has 0 fully saturated rings. The van der Waals surface area contributed by atoms with Gasteiger partial charge in [-0.25, -0.2) is 0 Å². The Balaban J connectivity index is 1.62. The van der Waals surface area contributed by atoms with Crippen LogP contribution in [0, 0.1) is 0 Å². The van der Waals surface area contributed by atoms with E-state index in [1.165, 1.54) is 11.1 Å². The molecule has 1 atom stereocenters. The number of hydrogen-bond donors (Lipinski definition) is 2. The number of rotatable bonds is 4. The third-order valence-corrected chi connectivity index (χ3v) is 4.43. The molecule has 1 aliphatic carbocycles. The van der Waals surface area contributed by atoms with Gasteiger partial charge in [-0.2, -0.15) is 0 Å². The van der Waals surface area contributed by atoms with Gasteiger partial charge in [0.15, 0.2) is 0 Å². The first-order chi connectivity index (χ1) is 11.1. The predicted octanol–water partition coefficient (Wildman–Crippen LogP) is 2.34. The number of hydrogen-bond acceptors (Lipinski definition) is 3. The van der Waals surface area contributed by atoms with Crippen molar-refractivity contribution in [1.29, 1.82) is 0 Å². The van der Waals surface area contributed by atoms with Crippen molar-refractivity contribution in [1.82, 2.24) is 5.32 Å². The van der Waals surface area contributed by atoms with Gasteiger partial charge in [0.2, 0.25) is 0 Å². The van der Waals surface area contributed by atoms with Gasteiger partial charge in [0, 0.05) is 18.5 Å². The SMILES string of the molecule is COc1ccc(C(=O)NCC2(O)CCc3ccccc3C2)cc1. The summed E-state index contributed by atoms with van der Waals surface area (Å²) in [6, 6.07) is 15.1. The lowest BCUT2D eigenvalue weighted by atomic mass is 9.80. The number of nitrogens with one attached hydrogen (secondary N) is 1. The third kappa shape index (κ3) is 3.54. The summed E-state index contributed by atoms with van der Waals surface area (Å²) in [4.78, 5) is 12.2. The summed E-state index contributed by atoms with van der Waals surface area (Å²) < 4.78 is 5.08. The van der Waals surface area contributed by atoms with Crippen LogP contribution in [0.5, 0.6) is 5.75 Å². The molecule has 0 saturated heterocycles. The van der Waals surface area contributed by atoms with Crippen LogP contribution in [0.25, 0.3) is 0 Å². The molecule has 0 aliphatic heterocycles. The summed E-state index contributed by atoms with van der Waals surface area (Å²) in [6.45, 7) is 0.256. The second kappa shape index (κ2) is 6.42. The zero-order valence-electron chi connectivity index (χ0n) is 13.2. The highest BCUT2D eigenvalue weighted by Gasteiger charge is 2.32. The van der Waals surface area contributed by atoms with Crippen molar-refractivity contribution in [3.8, 4) is 5.75 Å². The van der Waals surface area contributed by atoms with Gasteiger partial charge in [0.05, 0.1) is 12.7 Å². The summed E-state index contributed by atoms with van der Waals surface area (Å²) in [5.41, 5.74) is 2.14. The Bertz CT molecular complexity index is 696. The molecule has 0 spiro atoms. The van der Waals surface area contributed by atoms with Crippen molar-refractivity contribution in [3.63, 3.8) is 0 Å². The van der Waals surface area contributed by atoms with Gasteiger partial charge < -0.3 is 15.2 Å². The Morgan fingerprint density at radius 1 is 1.17 bits per heavy atom. The molecule has 3 rings (SSSR count). The van der Waals surface area contributed by atoms with Gasteiger partial charge >= 0.3 is 0 Å². The highest BCUT2D eigenvalue weighted by atomic mass is 16.5. The Hall–Kier alpha value is -2.33. The Kier molecular flexibility index (Phi) is 4.35. The molecule has 23 heavy (non-hydrogen) atoms. The van der Waals surface area contributed by atoms with E-state index in [-0.39, 0.29) is 12.5 Å². The van der Waals surface area contributed by atoms with E-state index in [0.29, 0.717) is 24.2 Å². The van der Waals surface area contributed by atoms with Gasteiger partial charge in [0.1, 0.15) is 5.75 Å². The molecule has 0 aromatic heterocycles. The van der Waals surface area contributed by atoms with Gasteiger partial charge in [-0.15, -0.1) is 0 Å². The zero-order chi connectivity index (χ0) is 16.3. The molecule has 1 unspecified atom stereocenters. The van der Waals surface area contributed by atoms with E-state index in [4.69, 9.17) is 4.74 Å². The minimum absolute atomic E-state index is 0.181. The quantitative estimate of drug-likeness (QED) is 0.911. The number of aliphatic hydroxyl groups is 1. The first-order valence-corrected chi connectivity index (χ1v) is 7.81. The molecule has 120 valence electrons. The number of methoxy groups -OCH3 is 1. The minimum Gasteiger partial charge on any atom is -0.497 e. The fourth-order valence-corrected chi connectivity index (χ4v) is 3.02. The molecule has 2 aromatic carbocycles. The maximum Gasteiger partial charge on any atom is 0.251 e. The number of benzene rings is 2. The molecule has 4 nitrogen and oxygen atoms in total. The first-order valence-electron chi connectivity index (χ1n) is 7.81. The van der Waals surface area contributed by atoms with Crippen LogP contribution in [0.4, 0.5) is 0 Å². The normalized spacial score (nSPS) is 19.7. The molecule has 2 N–H and O–H groups in total. The maximum atomic E-state index is 12.2. The molecule has 4 heteroatoms. The summed E-state index contributed by atoms with van der Waals surface area (Å²) in [6.07, 6.45) is 2.07. The van der Waals surface area contributed by atoms with E-state index < -0.39 is 5.60 Å². The smallest absolute Gasteiger partial charge is 0.251 e. The number of fused-ring (bicyclic) bond motifs is 1. The number of amides is 1. The number of ether oxygens (including phenoxy) is 1. The predicted molar refractivity (Wildman–Crippen MR) is 88.7 cm³/mol. The fraction of sp³-hybridized carbons (Fsp3) is 0.316. The third-order valence-electron chi connectivity index (χ3n) is 4.43. The second-order valence-electron chi connectivity index (χ2n) is 6.08. The zero-order valence-corrected chi connectivity index (χ0v) is 13.2. The molecule has 0 radical (unpaired) electrons. The Morgan fingerprint density at radius 2 is 1.87 bits per heavy atom. The highest BCUT2D eigenvalue weighted by molar-refractivity contribution is 5.94. The van der Waals surface area contributed by atoms with Gasteiger partial charge in [-0.3, -0.25) is 4.79 Å². The number of carbonyl (C=O) groups excluding carboxylic acids is 1. The van der Waals surface area contributed by atoms with Gasteiger partial charge in [0.25, 0.3) is 5.91 Å². The van der Waals surface area contributed by atoms with Crippen molar-refractivity contribution in [2.45, 2.75) is 24.9 Å². The summed E-state index contributed by atoms with van der Waals surface area (Å²) in [7, 11) is 1.59. The van der Waals surface area contributed by atoms with E-state index in [1.54, 1.807) is 31.4 Å². The number of aryl methyl sites for hydroxylation is 1. The molecule has 1 aliphatic rings. The van der Waals surface area contributed by atoms with E-state index in [1.807, 2.05) is 18.2 Å². The largest absolute Gasteiger partial charge is 0.497 e. The van der Waals surface area contributed by atoms with Crippen LogP contribution in [-0.4, -0.2) is 30.3 Å². The molecule has 1 amide bonds. The van der Waals surface area contributed by atoms with Crippen LogP contribution >= 0.6 is 0 Å². The summed E-state index contributed by atoms with van der Waals surface area (Å²) in [5.74, 6) is 0.531. The summed E-state index contributed by atoms with van der Waals surface area (Å²) >= 11 is 0. The van der Waals surface area contributed by atoms with E-state index >= 15 is 0 Å². The van der Waals surface area contributed by atoms with Gasteiger partial charge in [-0.1, -0.05) is 24.3 Å². The molecule has 0 saturated carbocycles. The average Bonchev–Trinajstić information content (AvgIpc) is 2.60. The fourth-order valence-electron chi connectivity index (χ4n) is 3.02. The van der Waals surface area contributed by atoms with Crippen molar-refractivity contribution < 1.29 is 14.6 Å². The van der Waals surface area contributed by atoms with Crippen LogP contribution in [0.15, 0.2) is 48.5 Å². The first kappa shape index (κ1) is 15.6. The second-order valence-corrected chi connectivity index (χ2v) is 6.08. The van der Waals surface area contributed by atoms with Crippen LogP contribution in [-0.2, 0) is 12.8 Å². The van der Waals surface area contributed by atoms with Crippen molar-refractivity contribution >= 4 is 5.91 Å². The Morgan fingerprint density at radius 3 is 2.57 bits per heavy atom. The molecular formula is C19H21NO3. The van der Waals surface area contributed by atoms with Crippen LogP contribution in [0.2, 0.25) is 0 Å². The van der Waals surface area contributed by atoms with Crippen molar-refractivity contribution in [2.75, 3.05) is 13.7 Å². The van der Waals surface area contributed by atoms with E-state index in [9.17, 15) is 9.90 Å². The lowest BCUT2D eigenvalue weighted by Gasteiger charge is -2.33. The van der Waals surface area contributed by atoms with Crippen LogP contribution in [0.3, 0.4) is 0 Å².